The van der Waals surface area contributed by atoms with Gasteiger partial charge in [-0.15, -0.1) is 11.3 Å². The molecule has 0 bridgehead atoms. The van der Waals surface area contributed by atoms with E-state index in [9.17, 15) is 14.4 Å². The van der Waals surface area contributed by atoms with Gasteiger partial charge in [0.25, 0.3) is 5.91 Å². The molecular formula is C29H44N6O5S. The average Bonchev–Trinajstić information content (AvgIpc) is 3.35. The van der Waals surface area contributed by atoms with Crippen molar-refractivity contribution < 1.29 is 23.9 Å². The summed E-state index contributed by atoms with van der Waals surface area (Å²) in [5.41, 5.74) is 1.33. The maximum atomic E-state index is 13.0. The van der Waals surface area contributed by atoms with Gasteiger partial charge in [0.1, 0.15) is 11.3 Å². The molecule has 2 aromatic rings. The normalized spacial score (nSPS) is 14.7. The third kappa shape index (κ3) is 11.3. The standard InChI is InChI=1S/C29H44N6O5S/c1-6-21(2)31-27(37)35(12-8-7-11-34-13-15-39-16-14-34)18-22-9-10-23(30-17-22)26(36)32-24-19-41-20-25(24)33-28(38)40-29(3,4)5/h9-10,17,19-21H,6-8,11-16,18H2,1-5H3,(H,31,37)(H,32,36)(H,33,38). The fourth-order valence-electron chi connectivity index (χ4n) is 4.08. The SMILES string of the molecule is CCC(C)NC(=O)N(CCCCN1CCOCC1)Cc1ccc(C(=O)Nc2cscc2NC(=O)OC(C)(C)C)nc1. The number of urea groups is 1. The van der Waals surface area contributed by atoms with Crippen molar-refractivity contribution in [3.05, 3.63) is 40.3 Å². The molecule has 1 fully saturated rings. The molecule has 0 aliphatic carbocycles. The zero-order chi connectivity index (χ0) is 29.8. The van der Waals surface area contributed by atoms with Crippen LogP contribution in [0, 0.1) is 0 Å². The summed E-state index contributed by atoms with van der Waals surface area (Å²) in [7, 11) is 0. The first-order valence-corrected chi connectivity index (χ1v) is 15.2. The number of carbonyl (C=O) groups is 3. The van der Waals surface area contributed by atoms with E-state index in [0.717, 1.165) is 57.7 Å². The number of nitrogens with one attached hydrogen (secondary N) is 3. The quantitative estimate of drug-likeness (QED) is 0.292. The van der Waals surface area contributed by atoms with Crippen LogP contribution in [0.1, 0.15) is 69.9 Å². The molecule has 0 radical (unpaired) electrons. The van der Waals surface area contributed by atoms with Crippen LogP contribution in [0.2, 0.25) is 0 Å². The topological polar surface area (TPSA) is 125 Å². The Bertz CT molecular complexity index is 1130. The minimum atomic E-state index is -0.636. The number of nitrogens with zero attached hydrogens (tertiary/aromatic N) is 3. The van der Waals surface area contributed by atoms with Gasteiger partial charge in [-0.2, -0.15) is 0 Å². The molecule has 1 aliphatic rings. The van der Waals surface area contributed by atoms with Crippen molar-refractivity contribution >= 4 is 40.7 Å². The molecule has 0 aromatic carbocycles. The maximum Gasteiger partial charge on any atom is 0.412 e. The van der Waals surface area contributed by atoms with E-state index >= 15 is 0 Å². The van der Waals surface area contributed by atoms with Crippen molar-refractivity contribution in [3.8, 4) is 0 Å². The van der Waals surface area contributed by atoms with Gasteiger partial charge in [-0.25, -0.2) is 9.59 Å². The Morgan fingerprint density at radius 2 is 1.83 bits per heavy atom. The molecule has 1 atom stereocenters. The summed E-state index contributed by atoms with van der Waals surface area (Å²) < 4.78 is 10.7. The van der Waals surface area contributed by atoms with Crippen LogP contribution < -0.4 is 16.0 Å². The Morgan fingerprint density at radius 1 is 1.12 bits per heavy atom. The minimum Gasteiger partial charge on any atom is -0.444 e. The molecule has 2 aromatic heterocycles. The van der Waals surface area contributed by atoms with Crippen LogP contribution in [-0.2, 0) is 16.0 Å². The number of hydrogen-bond acceptors (Lipinski definition) is 8. The van der Waals surface area contributed by atoms with Crippen molar-refractivity contribution in [1.29, 1.82) is 0 Å². The third-order valence-electron chi connectivity index (χ3n) is 6.50. The summed E-state index contributed by atoms with van der Waals surface area (Å²) in [6.45, 7) is 14.9. The second-order valence-electron chi connectivity index (χ2n) is 11.2. The Hall–Kier alpha value is -3.22. The smallest absolute Gasteiger partial charge is 0.412 e. The lowest BCUT2D eigenvalue weighted by molar-refractivity contribution is 0.0369. The number of thiophene rings is 1. The van der Waals surface area contributed by atoms with E-state index < -0.39 is 17.6 Å². The van der Waals surface area contributed by atoms with Crippen molar-refractivity contribution in [2.24, 2.45) is 0 Å². The average molecular weight is 589 g/mol. The number of unbranched alkanes of at least 4 members (excludes halogenated alkanes) is 1. The molecule has 1 aliphatic heterocycles. The number of anilines is 2. The van der Waals surface area contributed by atoms with Crippen LogP contribution in [0.3, 0.4) is 0 Å². The molecule has 41 heavy (non-hydrogen) atoms. The highest BCUT2D eigenvalue weighted by Gasteiger charge is 2.20. The molecule has 1 saturated heterocycles. The second kappa shape index (κ2) is 15.7. The van der Waals surface area contributed by atoms with E-state index in [0.29, 0.717) is 24.5 Å². The fourth-order valence-corrected chi connectivity index (χ4v) is 4.79. The number of aromatic nitrogens is 1. The lowest BCUT2D eigenvalue weighted by atomic mass is 10.2. The van der Waals surface area contributed by atoms with E-state index in [4.69, 9.17) is 9.47 Å². The minimum absolute atomic E-state index is 0.0781. The van der Waals surface area contributed by atoms with Crippen LogP contribution in [0.5, 0.6) is 0 Å². The Morgan fingerprint density at radius 3 is 2.46 bits per heavy atom. The summed E-state index contributed by atoms with van der Waals surface area (Å²) in [6, 6.07) is 3.43. The van der Waals surface area contributed by atoms with Crippen LogP contribution in [0.4, 0.5) is 21.0 Å². The zero-order valence-electron chi connectivity index (χ0n) is 24.8. The predicted molar refractivity (Wildman–Crippen MR) is 162 cm³/mol. The highest BCUT2D eigenvalue weighted by atomic mass is 32.1. The first-order valence-electron chi connectivity index (χ1n) is 14.2. The molecule has 4 amide bonds. The maximum absolute atomic E-state index is 13.0. The number of rotatable bonds is 12. The molecule has 12 heteroatoms. The summed E-state index contributed by atoms with van der Waals surface area (Å²) in [4.78, 5) is 46.6. The number of amides is 4. The lowest BCUT2D eigenvalue weighted by Gasteiger charge is -2.28. The highest BCUT2D eigenvalue weighted by Crippen LogP contribution is 2.27. The first kappa shape index (κ1) is 32.3. The van der Waals surface area contributed by atoms with Gasteiger partial charge in [0.15, 0.2) is 0 Å². The largest absolute Gasteiger partial charge is 0.444 e. The van der Waals surface area contributed by atoms with Crippen molar-refractivity contribution in [2.45, 2.75) is 72.1 Å². The van der Waals surface area contributed by atoms with E-state index in [2.05, 4.69) is 25.8 Å². The van der Waals surface area contributed by atoms with E-state index in [1.807, 2.05) is 24.8 Å². The summed E-state index contributed by atoms with van der Waals surface area (Å²) >= 11 is 1.34. The van der Waals surface area contributed by atoms with Gasteiger partial charge in [-0.1, -0.05) is 13.0 Å². The Balaban J connectivity index is 1.57. The number of morpholine rings is 1. The van der Waals surface area contributed by atoms with Crippen LogP contribution >= 0.6 is 11.3 Å². The summed E-state index contributed by atoms with van der Waals surface area (Å²) in [5, 5.41) is 12.0. The van der Waals surface area contributed by atoms with Gasteiger partial charge in [0.05, 0.1) is 24.6 Å². The van der Waals surface area contributed by atoms with E-state index in [1.165, 1.54) is 11.3 Å². The Kier molecular flexibility index (Phi) is 12.4. The number of pyridine rings is 1. The zero-order valence-corrected chi connectivity index (χ0v) is 25.6. The van der Waals surface area contributed by atoms with Crippen LogP contribution in [-0.4, -0.2) is 83.9 Å². The van der Waals surface area contributed by atoms with Crippen molar-refractivity contribution in [3.63, 3.8) is 0 Å². The molecule has 3 N–H and O–H groups in total. The number of hydrogen-bond donors (Lipinski definition) is 3. The molecule has 226 valence electrons. The van der Waals surface area contributed by atoms with E-state index in [1.54, 1.807) is 43.8 Å². The van der Waals surface area contributed by atoms with Gasteiger partial charge in [-0.3, -0.25) is 20.0 Å². The molecule has 0 spiro atoms. The third-order valence-corrected chi connectivity index (χ3v) is 7.25. The monoisotopic (exact) mass is 588 g/mol. The van der Waals surface area contributed by atoms with Crippen molar-refractivity contribution in [2.75, 3.05) is 50.0 Å². The van der Waals surface area contributed by atoms with Crippen molar-refractivity contribution in [1.82, 2.24) is 20.1 Å². The molecule has 3 heterocycles. The van der Waals surface area contributed by atoms with Gasteiger partial charge in [0.2, 0.25) is 0 Å². The summed E-state index contributed by atoms with van der Waals surface area (Å²) in [6.07, 6.45) is 3.76. The number of carbonyl (C=O) groups excluding carboxylic acids is 3. The highest BCUT2D eigenvalue weighted by molar-refractivity contribution is 7.09. The Labute approximate surface area is 247 Å². The van der Waals surface area contributed by atoms with E-state index in [-0.39, 0.29) is 17.8 Å². The van der Waals surface area contributed by atoms with Crippen LogP contribution in [0.25, 0.3) is 0 Å². The second-order valence-corrected chi connectivity index (χ2v) is 11.9. The molecule has 11 nitrogen and oxygen atoms in total. The van der Waals surface area contributed by atoms with Gasteiger partial charge < -0.3 is 25.0 Å². The molecular weight excluding hydrogens is 544 g/mol. The van der Waals surface area contributed by atoms with Crippen LogP contribution in [0.15, 0.2) is 29.1 Å². The van der Waals surface area contributed by atoms with Gasteiger partial charge in [-0.05, 0) is 65.1 Å². The van der Waals surface area contributed by atoms with Gasteiger partial charge >= 0.3 is 12.1 Å². The number of ether oxygens (including phenoxy) is 2. The molecule has 1 unspecified atom stereocenters. The van der Waals surface area contributed by atoms with Gasteiger partial charge in [0, 0.05) is 49.2 Å². The predicted octanol–water partition coefficient (Wildman–Crippen LogP) is 5.16. The molecule has 3 rings (SSSR count). The fraction of sp³-hybridized carbons (Fsp3) is 0.586. The first-order chi connectivity index (χ1) is 19.5. The summed E-state index contributed by atoms with van der Waals surface area (Å²) in [5.74, 6) is -0.406. The molecule has 0 saturated carbocycles. The lowest BCUT2D eigenvalue weighted by Crippen LogP contribution is -2.44.